The van der Waals surface area contributed by atoms with Gasteiger partial charge in [-0.15, -0.1) is 11.3 Å². The lowest BCUT2D eigenvalue weighted by Crippen LogP contribution is -2.49. The van der Waals surface area contributed by atoms with Crippen LogP contribution in [0, 0.1) is 0 Å². The minimum Gasteiger partial charge on any atom is -0.368 e. The van der Waals surface area contributed by atoms with Gasteiger partial charge < -0.3 is 9.80 Å². The first-order chi connectivity index (χ1) is 15.7. The molecule has 0 atom stereocenters. The van der Waals surface area contributed by atoms with Crippen LogP contribution >= 0.6 is 11.3 Å². The molecule has 7 heteroatoms. The maximum absolute atomic E-state index is 13.5. The highest BCUT2D eigenvalue weighted by Crippen LogP contribution is 2.34. The second-order valence-electron chi connectivity index (χ2n) is 8.54. The van der Waals surface area contributed by atoms with Crippen molar-refractivity contribution in [3.63, 3.8) is 0 Å². The molecule has 2 aliphatic rings. The van der Waals surface area contributed by atoms with Gasteiger partial charge in [-0.1, -0.05) is 18.2 Å². The Morgan fingerprint density at radius 1 is 0.938 bits per heavy atom. The van der Waals surface area contributed by atoms with Crippen molar-refractivity contribution in [1.29, 1.82) is 0 Å². The molecule has 32 heavy (non-hydrogen) atoms. The maximum Gasteiger partial charge on any atom is 0.266 e. The summed E-state index contributed by atoms with van der Waals surface area (Å²) in [6.45, 7) is 2.87. The Morgan fingerprint density at radius 3 is 2.53 bits per heavy atom. The quantitative estimate of drug-likeness (QED) is 0.473. The average molecular weight is 445 g/mol. The first-order valence-electron chi connectivity index (χ1n) is 11.3. The monoisotopic (exact) mass is 444 g/mol. The van der Waals surface area contributed by atoms with Crippen LogP contribution in [0.15, 0.2) is 53.5 Å². The number of nitrogens with zero attached hydrogens (tertiary/aromatic N) is 4. The van der Waals surface area contributed by atoms with Crippen molar-refractivity contribution in [3.05, 3.63) is 75.0 Å². The highest BCUT2D eigenvalue weighted by Gasteiger charge is 2.26. The molecule has 1 aliphatic carbocycles. The normalized spacial score (nSPS) is 16.5. The largest absolute Gasteiger partial charge is 0.368 e. The number of aryl methyl sites for hydroxylation is 2. The molecule has 0 N–H and O–H groups in total. The van der Waals surface area contributed by atoms with Crippen LogP contribution in [0.1, 0.15) is 33.6 Å². The van der Waals surface area contributed by atoms with Gasteiger partial charge in [-0.3, -0.25) is 14.0 Å². The summed E-state index contributed by atoms with van der Waals surface area (Å²) >= 11 is 1.63. The van der Waals surface area contributed by atoms with E-state index in [9.17, 15) is 9.59 Å². The highest BCUT2D eigenvalue weighted by molar-refractivity contribution is 7.18. The van der Waals surface area contributed by atoms with Gasteiger partial charge >= 0.3 is 0 Å². The SMILES string of the molecule is O=C(c1cccn2c(=O)c3c4c(sc3nc12)CCCC4)N1CCN(c2ccccc2)CC1. The summed E-state index contributed by atoms with van der Waals surface area (Å²) in [5, 5.41) is 0.753. The minimum absolute atomic E-state index is 0.0482. The number of fused-ring (bicyclic) bond motifs is 4. The molecule has 162 valence electrons. The van der Waals surface area contributed by atoms with Crippen molar-refractivity contribution in [1.82, 2.24) is 14.3 Å². The number of rotatable bonds is 2. The molecule has 4 aromatic rings. The zero-order valence-electron chi connectivity index (χ0n) is 17.8. The molecule has 0 spiro atoms. The van der Waals surface area contributed by atoms with Crippen LogP contribution in [0.2, 0.25) is 0 Å². The molecule has 1 fully saturated rings. The second kappa shape index (κ2) is 7.74. The van der Waals surface area contributed by atoms with Crippen LogP contribution in [0.25, 0.3) is 15.9 Å². The Morgan fingerprint density at radius 2 is 1.72 bits per heavy atom. The molecular weight excluding hydrogens is 420 g/mol. The van der Waals surface area contributed by atoms with Crippen molar-refractivity contribution < 1.29 is 4.79 Å². The van der Waals surface area contributed by atoms with E-state index in [4.69, 9.17) is 4.98 Å². The fourth-order valence-corrected chi connectivity index (χ4v) is 6.24. The number of hydrogen-bond acceptors (Lipinski definition) is 5. The number of pyridine rings is 1. The Labute approximate surface area is 189 Å². The molecule has 3 aromatic heterocycles. The Balaban J connectivity index is 1.35. The lowest BCUT2D eigenvalue weighted by atomic mass is 9.97. The number of anilines is 1. The Bertz CT molecular complexity index is 1380. The van der Waals surface area contributed by atoms with E-state index in [-0.39, 0.29) is 11.5 Å². The summed E-state index contributed by atoms with van der Waals surface area (Å²) in [7, 11) is 0. The van der Waals surface area contributed by atoms with Gasteiger partial charge in [-0.2, -0.15) is 0 Å². The van der Waals surface area contributed by atoms with Gasteiger partial charge in [0.25, 0.3) is 11.5 Å². The first-order valence-corrected chi connectivity index (χ1v) is 12.1. The Hall–Kier alpha value is -3.19. The fourth-order valence-electron chi connectivity index (χ4n) is 4.99. The van der Waals surface area contributed by atoms with Gasteiger partial charge in [-0.05, 0) is 55.5 Å². The van der Waals surface area contributed by atoms with E-state index in [1.807, 2.05) is 23.1 Å². The topological polar surface area (TPSA) is 57.9 Å². The van der Waals surface area contributed by atoms with E-state index in [1.165, 1.54) is 22.5 Å². The third-order valence-corrected chi connectivity index (χ3v) is 7.86. The smallest absolute Gasteiger partial charge is 0.266 e. The number of piperazine rings is 1. The van der Waals surface area contributed by atoms with E-state index in [1.54, 1.807) is 34.1 Å². The lowest BCUT2D eigenvalue weighted by molar-refractivity contribution is 0.0748. The summed E-state index contributed by atoms with van der Waals surface area (Å²) in [6.07, 6.45) is 5.99. The number of carbonyl (C=O) groups excluding carboxylic acids is 1. The molecule has 0 radical (unpaired) electrons. The maximum atomic E-state index is 13.5. The van der Waals surface area contributed by atoms with Crippen molar-refractivity contribution in [2.24, 2.45) is 0 Å². The van der Waals surface area contributed by atoms with Gasteiger partial charge in [0.1, 0.15) is 4.83 Å². The standard InChI is InChI=1S/C25H24N4O2S/c30-24(28-15-13-27(14-16-28)17-7-2-1-3-8-17)19-10-6-12-29-22(19)26-23-21(25(29)31)18-9-4-5-11-20(18)32-23/h1-3,6-8,10,12H,4-5,9,11,13-16H2. The second-order valence-corrected chi connectivity index (χ2v) is 9.62. The van der Waals surface area contributed by atoms with Gasteiger partial charge in [-0.25, -0.2) is 4.98 Å². The summed E-state index contributed by atoms with van der Waals surface area (Å²) in [6, 6.07) is 13.9. The molecule has 1 aromatic carbocycles. The van der Waals surface area contributed by atoms with E-state index >= 15 is 0 Å². The molecule has 1 aliphatic heterocycles. The van der Waals surface area contributed by atoms with Crippen molar-refractivity contribution in [3.8, 4) is 0 Å². The summed E-state index contributed by atoms with van der Waals surface area (Å²) in [5.74, 6) is -0.0524. The van der Waals surface area contributed by atoms with E-state index in [0.717, 1.165) is 42.6 Å². The predicted molar refractivity (Wildman–Crippen MR) is 128 cm³/mol. The van der Waals surface area contributed by atoms with Crippen LogP contribution in [0.3, 0.4) is 0 Å². The number of thiophene rings is 1. The Kier molecular flexibility index (Phi) is 4.72. The predicted octanol–water partition coefficient (Wildman–Crippen LogP) is 3.75. The van der Waals surface area contributed by atoms with Crippen LogP contribution in [0.5, 0.6) is 0 Å². The van der Waals surface area contributed by atoms with Crippen molar-refractivity contribution in [2.45, 2.75) is 25.7 Å². The van der Waals surface area contributed by atoms with Gasteiger partial charge in [0, 0.05) is 42.9 Å². The minimum atomic E-state index is -0.0524. The average Bonchev–Trinajstić information content (AvgIpc) is 3.23. The van der Waals surface area contributed by atoms with Gasteiger partial charge in [0.2, 0.25) is 0 Å². The van der Waals surface area contributed by atoms with Crippen LogP contribution in [-0.2, 0) is 12.8 Å². The fraction of sp³-hybridized carbons (Fsp3) is 0.320. The highest BCUT2D eigenvalue weighted by atomic mass is 32.1. The molecule has 1 amide bonds. The summed E-state index contributed by atoms with van der Waals surface area (Å²) in [5.41, 5.74) is 3.29. The zero-order chi connectivity index (χ0) is 21.7. The van der Waals surface area contributed by atoms with Crippen molar-refractivity contribution in [2.75, 3.05) is 31.1 Å². The third-order valence-electron chi connectivity index (χ3n) is 6.68. The number of carbonyl (C=O) groups is 1. The molecule has 0 bridgehead atoms. The molecule has 6 rings (SSSR count). The molecule has 6 nitrogen and oxygen atoms in total. The zero-order valence-corrected chi connectivity index (χ0v) is 18.6. The van der Waals surface area contributed by atoms with E-state index in [2.05, 4.69) is 17.0 Å². The molecule has 0 saturated carbocycles. The number of benzene rings is 1. The number of hydrogen-bond donors (Lipinski definition) is 0. The van der Waals surface area contributed by atoms with Crippen molar-refractivity contribution >= 4 is 38.8 Å². The van der Waals surface area contributed by atoms with Crippen LogP contribution < -0.4 is 10.5 Å². The molecule has 0 unspecified atom stereocenters. The lowest BCUT2D eigenvalue weighted by Gasteiger charge is -2.36. The summed E-state index contributed by atoms with van der Waals surface area (Å²) < 4.78 is 1.57. The number of aromatic nitrogens is 2. The number of amides is 1. The third kappa shape index (κ3) is 3.11. The number of para-hydroxylation sites is 1. The molecule has 1 saturated heterocycles. The van der Waals surface area contributed by atoms with E-state index < -0.39 is 0 Å². The van der Waals surface area contributed by atoms with Gasteiger partial charge in [0.15, 0.2) is 5.65 Å². The first kappa shape index (κ1) is 19.5. The van der Waals surface area contributed by atoms with Crippen LogP contribution in [0.4, 0.5) is 5.69 Å². The summed E-state index contributed by atoms with van der Waals surface area (Å²) in [4.78, 5) is 37.9. The molecular formula is C25H24N4O2S. The molecule has 4 heterocycles. The van der Waals surface area contributed by atoms with Crippen LogP contribution in [-0.4, -0.2) is 46.4 Å². The van der Waals surface area contributed by atoms with Gasteiger partial charge in [0.05, 0.1) is 10.9 Å². The van der Waals surface area contributed by atoms with E-state index in [0.29, 0.717) is 24.3 Å².